The topological polar surface area (TPSA) is 70.7 Å². The van der Waals surface area contributed by atoms with Crippen molar-refractivity contribution in [2.75, 3.05) is 20.2 Å². The van der Waals surface area contributed by atoms with E-state index in [0.29, 0.717) is 16.6 Å². The molecule has 1 aromatic heterocycles. The first-order chi connectivity index (χ1) is 11.9. The fraction of sp³-hybridized carbons (Fsp3) is 0.250. The van der Waals surface area contributed by atoms with Gasteiger partial charge in [0, 0.05) is 15.9 Å². The summed E-state index contributed by atoms with van der Waals surface area (Å²) in [7, 11) is 1.81. The maximum atomic E-state index is 11.8. The molecule has 0 unspecified atom stereocenters. The summed E-state index contributed by atoms with van der Waals surface area (Å²) in [6.07, 6.45) is 0. The molecule has 2 rings (SSSR count). The summed E-state index contributed by atoms with van der Waals surface area (Å²) >= 11 is 10.7. The number of thiophene rings is 1. The molecule has 134 valence electrons. The van der Waals surface area contributed by atoms with E-state index in [1.54, 1.807) is 12.1 Å². The van der Waals surface area contributed by atoms with Crippen LogP contribution in [0.4, 0.5) is 0 Å². The lowest BCUT2D eigenvalue weighted by atomic mass is 10.3. The van der Waals surface area contributed by atoms with Gasteiger partial charge in [0.25, 0.3) is 11.8 Å². The van der Waals surface area contributed by atoms with E-state index in [1.807, 2.05) is 36.2 Å². The normalized spacial score (nSPS) is 10.6. The highest BCUT2D eigenvalue weighted by atomic mass is 79.9. The van der Waals surface area contributed by atoms with E-state index in [0.717, 1.165) is 9.35 Å². The van der Waals surface area contributed by atoms with Crippen molar-refractivity contribution < 1.29 is 14.3 Å². The van der Waals surface area contributed by atoms with Crippen LogP contribution in [0.3, 0.4) is 0 Å². The second kappa shape index (κ2) is 9.76. The number of hydrazine groups is 1. The number of hydrogen-bond acceptors (Lipinski definition) is 5. The van der Waals surface area contributed by atoms with Crippen LogP contribution in [0.5, 0.6) is 5.75 Å². The van der Waals surface area contributed by atoms with Crippen molar-refractivity contribution in [2.24, 2.45) is 0 Å². The van der Waals surface area contributed by atoms with Crippen molar-refractivity contribution in [1.29, 1.82) is 0 Å². The smallest absolute Gasteiger partial charge is 0.276 e. The van der Waals surface area contributed by atoms with Crippen LogP contribution in [0, 0.1) is 0 Å². The molecule has 0 aliphatic heterocycles. The van der Waals surface area contributed by atoms with Gasteiger partial charge in [-0.15, -0.1) is 11.3 Å². The van der Waals surface area contributed by atoms with Gasteiger partial charge in [0.05, 0.1) is 10.9 Å². The maximum Gasteiger partial charge on any atom is 0.276 e. The second-order valence-electron chi connectivity index (χ2n) is 5.22. The minimum absolute atomic E-state index is 0.142. The zero-order chi connectivity index (χ0) is 18.2. The summed E-state index contributed by atoms with van der Waals surface area (Å²) in [4.78, 5) is 26.4. The first-order valence-corrected chi connectivity index (χ1v) is 9.30. The summed E-state index contributed by atoms with van der Waals surface area (Å²) in [5.74, 6) is -0.190. The van der Waals surface area contributed by atoms with E-state index in [2.05, 4.69) is 26.8 Å². The third-order valence-corrected chi connectivity index (χ3v) is 4.74. The molecule has 2 N–H and O–H groups in total. The summed E-state index contributed by atoms with van der Waals surface area (Å²) in [6.45, 7) is 0.556. The average molecular weight is 447 g/mol. The van der Waals surface area contributed by atoms with Crippen molar-refractivity contribution in [2.45, 2.75) is 6.54 Å². The van der Waals surface area contributed by atoms with Crippen LogP contribution in [-0.2, 0) is 16.1 Å². The van der Waals surface area contributed by atoms with E-state index >= 15 is 0 Å². The molecule has 0 atom stereocenters. The molecule has 0 saturated carbocycles. The zero-order valence-electron chi connectivity index (χ0n) is 13.4. The zero-order valence-corrected chi connectivity index (χ0v) is 16.6. The highest BCUT2D eigenvalue weighted by Crippen LogP contribution is 2.22. The number of halogens is 2. The van der Waals surface area contributed by atoms with Crippen LogP contribution >= 0.6 is 38.9 Å². The van der Waals surface area contributed by atoms with Gasteiger partial charge in [0.2, 0.25) is 0 Å². The number of rotatable bonds is 7. The standard InChI is InChI=1S/C16H17BrClN3O3S/c1-21(8-13-6-7-14(18)25-13)9-15(22)19-20-16(23)10-24-12-4-2-11(17)3-5-12/h2-7H,8-10H2,1H3,(H,19,22)(H,20,23). The molecule has 0 bridgehead atoms. The quantitative estimate of drug-likeness (QED) is 0.642. The van der Waals surface area contributed by atoms with Crippen molar-refractivity contribution in [3.05, 3.63) is 50.1 Å². The molecule has 25 heavy (non-hydrogen) atoms. The van der Waals surface area contributed by atoms with Gasteiger partial charge in [0.15, 0.2) is 6.61 Å². The Kier molecular flexibility index (Phi) is 7.70. The predicted octanol–water partition coefficient (Wildman–Crippen LogP) is 2.82. The molecule has 0 aliphatic rings. The Morgan fingerprint density at radius 3 is 2.48 bits per heavy atom. The monoisotopic (exact) mass is 445 g/mol. The number of benzene rings is 1. The molecular weight excluding hydrogens is 430 g/mol. The van der Waals surface area contributed by atoms with E-state index in [-0.39, 0.29) is 19.1 Å². The molecule has 2 aromatic rings. The first-order valence-electron chi connectivity index (χ1n) is 7.31. The summed E-state index contributed by atoms with van der Waals surface area (Å²) in [5.41, 5.74) is 4.68. The lowest BCUT2D eigenvalue weighted by molar-refractivity contribution is -0.130. The van der Waals surface area contributed by atoms with Gasteiger partial charge in [-0.2, -0.15) is 0 Å². The van der Waals surface area contributed by atoms with Crippen molar-refractivity contribution in [1.82, 2.24) is 15.8 Å². The molecular formula is C16H17BrClN3O3S. The van der Waals surface area contributed by atoms with Crippen LogP contribution in [0.25, 0.3) is 0 Å². The number of ether oxygens (including phenoxy) is 1. The minimum Gasteiger partial charge on any atom is -0.484 e. The van der Waals surface area contributed by atoms with Crippen molar-refractivity contribution in [3.8, 4) is 5.75 Å². The van der Waals surface area contributed by atoms with Crippen molar-refractivity contribution >= 4 is 50.7 Å². The van der Waals surface area contributed by atoms with E-state index in [4.69, 9.17) is 16.3 Å². The molecule has 2 amide bonds. The molecule has 0 fully saturated rings. The number of nitrogens with zero attached hydrogens (tertiary/aromatic N) is 1. The SMILES string of the molecule is CN(CC(=O)NNC(=O)COc1ccc(Br)cc1)Cc1ccc(Cl)s1. The molecule has 0 spiro atoms. The van der Waals surface area contributed by atoms with E-state index < -0.39 is 5.91 Å². The van der Waals surface area contributed by atoms with Crippen LogP contribution in [0.2, 0.25) is 4.34 Å². The third kappa shape index (κ3) is 7.43. The van der Waals surface area contributed by atoms with Crippen LogP contribution in [-0.4, -0.2) is 36.9 Å². The summed E-state index contributed by atoms with van der Waals surface area (Å²) in [6, 6.07) is 10.8. The Hall–Kier alpha value is -1.61. The van der Waals surface area contributed by atoms with E-state index in [9.17, 15) is 9.59 Å². The van der Waals surface area contributed by atoms with Crippen molar-refractivity contribution in [3.63, 3.8) is 0 Å². The van der Waals surface area contributed by atoms with Gasteiger partial charge in [0.1, 0.15) is 5.75 Å². The molecule has 1 aromatic carbocycles. The molecule has 9 heteroatoms. The number of carbonyl (C=O) groups excluding carboxylic acids is 2. The number of amides is 2. The second-order valence-corrected chi connectivity index (χ2v) is 7.93. The summed E-state index contributed by atoms with van der Waals surface area (Å²) in [5, 5.41) is 0. The summed E-state index contributed by atoms with van der Waals surface area (Å²) < 4.78 is 6.95. The number of nitrogens with one attached hydrogen (secondary N) is 2. The maximum absolute atomic E-state index is 11.8. The Morgan fingerprint density at radius 2 is 1.84 bits per heavy atom. The van der Waals surface area contributed by atoms with Crippen LogP contribution in [0.15, 0.2) is 40.9 Å². The highest BCUT2D eigenvalue weighted by molar-refractivity contribution is 9.10. The fourth-order valence-electron chi connectivity index (χ4n) is 1.90. The Bertz CT molecular complexity index is 724. The number of likely N-dealkylation sites (N-methyl/N-ethyl adjacent to an activating group) is 1. The van der Waals surface area contributed by atoms with E-state index in [1.165, 1.54) is 11.3 Å². The van der Waals surface area contributed by atoms with Gasteiger partial charge in [-0.05, 0) is 43.4 Å². The molecule has 1 heterocycles. The number of hydrogen-bond donors (Lipinski definition) is 2. The van der Waals surface area contributed by atoms with Gasteiger partial charge in [-0.25, -0.2) is 0 Å². The van der Waals surface area contributed by atoms with Gasteiger partial charge in [-0.3, -0.25) is 25.3 Å². The van der Waals surface area contributed by atoms with Gasteiger partial charge >= 0.3 is 0 Å². The Morgan fingerprint density at radius 1 is 1.16 bits per heavy atom. The molecule has 6 nitrogen and oxygen atoms in total. The Labute approximate surface area is 163 Å². The van der Waals surface area contributed by atoms with Crippen LogP contribution < -0.4 is 15.6 Å². The highest BCUT2D eigenvalue weighted by Gasteiger charge is 2.10. The number of carbonyl (C=O) groups is 2. The third-order valence-electron chi connectivity index (χ3n) is 2.99. The fourth-order valence-corrected chi connectivity index (χ4v) is 3.33. The van der Waals surface area contributed by atoms with Crippen LogP contribution in [0.1, 0.15) is 4.88 Å². The predicted molar refractivity (Wildman–Crippen MR) is 102 cm³/mol. The molecule has 0 saturated heterocycles. The Balaban J connectivity index is 1.64. The lowest BCUT2D eigenvalue weighted by Gasteiger charge is -2.15. The lowest BCUT2D eigenvalue weighted by Crippen LogP contribution is -2.47. The first kappa shape index (κ1) is 19.7. The largest absolute Gasteiger partial charge is 0.484 e. The van der Waals surface area contributed by atoms with Gasteiger partial charge in [-0.1, -0.05) is 27.5 Å². The molecule has 0 aliphatic carbocycles. The average Bonchev–Trinajstić information content (AvgIpc) is 2.97. The minimum atomic E-state index is -0.441. The molecule has 0 radical (unpaired) electrons. The van der Waals surface area contributed by atoms with Gasteiger partial charge < -0.3 is 4.74 Å².